The molecule has 9 heteroatoms. The first-order chi connectivity index (χ1) is 12.2. The van der Waals surface area contributed by atoms with Gasteiger partial charge in [0.2, 0.25) is 0 Å². The van der Waals surface area contributed by atoms with E-state index < -0.39 is 0 Å². The van der Waals surface area contributed by atoms with Crippen molar-refractivity contribution >= 4 is 5.91 Å². The molecule has 0 unspecified atom stereocenters. The number of hydrogen-bond donors (Lipinski definition) is 1. The van der Waals surface area contributed by atoms with Gasteiger partial charge in [-0.05, 0) is 18.6 Å². The Kier molecular flexibility index (Phi) is 5.03. The SMILES string of the molecule is COc1nc(-c2cccc(C(=O)NCCCn3ccnn3)c2)nn1C. The lowest BCUT2D eigenvalue weighted by molar-refractivity contribution is 0.0952. The molecular weight excluding hydrogens is 322 g/mol. The topological polar surface area (TPSA) is 99.8 Å². The summed E-state index contributed by atoms with van der Waals surface area (Å²) in [7, 11) is 3.29. The summed E-state index contributed by atoms with van der Waals surface area (Å²) in [6.07, 6.45) is 4.19. The Morgan fingerprint density at radius 3 is 2.96 bits per heavy atom. The minimum atomic E-state index is -0.136. The number of ether oxygens (including phenoxy) is 1. The van der Waals surface area contributed by atoms with Crippen LogP contribution in [0.3, 0.4) is 0 Å². The van der Waals surface area contributed by atoms with Gasteiger partial charge in [0.15, 0.2) is 5.82 Å². The van der Waals surface area contributed by atoms with Gasteiger partial charge in [-0.2, -0.15) is 4.98 Å². The molecule has 130 valence electrons. The van der Waals surface area contributed by atoms with E-state index in [9.17, 15) is 4.79 Å². The quantitative estimate of drug-likeness (QED) is 0.641. The fourth-order valence-corrected chi connectivity index (χ4v) is 2.37. The van der Waals surface area contributed by atoms with Crippen LogP contribution in [-0.2, 0) is 13.6 Å². The minimum Gasteiger partial charge on any atom is -0.467 e. The van der Waals surface area contributed by atoms with E-state index in [0.717, 1.165) is 12.0 Å². The summed E-state index contributed by atoms with van der Waals surface area (Å²) in [4.78, 5) is 16.6. The Hall–Kier alpha value is -3.23. The molecule has 2 heterocycles. The van der Waals surface area contributed by atoms with Gasteiger partial charge in [-0.1, -0.05) is 17.3 Å². The monoisotopic (exact) mass is 341 g/mol. The van der Waals surface area contributed by atoms with E-state index in [-0.39, 0.29) is 5.91 Å². The van der Waals surface area contributed by atoms with Crippen LogP contribution in [0.5, 0.6) is 6.01 Å². The second-order valence-corrected chi connectivity index (χ2v) is 5.40. The molecule has 1 aromatic carbocycles. The van der Waals surface area contributed by atoms with Crippen molar-refractivity contribution < 1.29 is 9.53 Å². The first kappa shape index (κ1) is 16.6. The molecular formula is C16H19N7O2. The van der Waals surface area contributed by atoms with Gasteiger partial charge in [0.05, 0.1) is 13.3 Å². The van der Waals surface area contributed by atoms with Gasteiger partial charge in [-0.25, -0.2) is 4.68 Å². The molecule has 25 heavy (non-hydrogen) atoms. The number of nitrogens with one attached hydrogen (secondary N) is 1. The summed E-state index contributed by atoms with van der Waals surface area (Å²) >= 11 is 0. The number of benzene rings is 1. The highest BCUT2D eigenvalue weighted by Crippen LogP contribution is 2.19. The number of rotatable bonds is 7. The van der Waals surface area contributed by atoms with Gasteiger partial charge >= 0.3 is 6.01 Å². The number of nitrogens with zero attached hydrogens (tertiary/aromatic N) is 6. The first-order valence-corrected chi connectivity index (χ1v) is 7.85. The number of aromatic nitrogens is 6. The van der Waals surface area contributed by atoms with Crippen LogP contribution in [0.4, 0.5) is 0 Å². The molecule has 1 N–H and O–H groups in total. The second kappa shape index (κ2) is 7.56. The number of methoxy groups -OCH3 is 1. The highest BCUT2D eigenvalue weighted by Gasteiger charge is 2.12. The van der Waals surface area contributed by atoms with Crippen LogP contribution in [0.15, 0.2) is 36.7 Å². The van der Waals surface area contributed by atoms with E-state index in [4.69, 9.17) is 4.74 Å². The van der Waals surface area contributed by atoms with E-state index in [0.29, 0.717) is 30.5 Å². The van der Waals surface area contributed by atoms with Crippen molar-refractivity contribution in [2.75, 3.05) is 13.7 Å². The summed E-state index contributed by atoms with van der Waals surface area (Å²) in [5.41, 5.74) is 1.32. The van der Waals surface area contributed by atoms with E-state index >= 15 is 0 Å². The lowest BCUT2D eigenvalue weighted by Gasteiger charge is -2.06. The van der Waals surface area contributed by atoms with Crippen molar-refractivity contribution in [3.8, 4) is 17.4 Å². The molecule has 0 bridgehead atoms. The molecule has 0 saturated carbocycles. The molecule has 0 saturated heterocycles. The molecule has 9 nitrogen and oxygen atoms in total. The number of carbonyl (C=O) groups is 1. The van der Waals surface area contributed by atoms with Crippen molar-refractivity contribution in [3.05, 3.63) is 42.2 Å². The Bertz CT molecular complexity index is 842. The van der Waals surface area contributed by atoms with Gasteiger partial charge in [-0.15, -0.1) is 10.2 Å². The molecule has 0 fully saturated rings. The Morgan fingerprint density at radius 2 is 2.24 bits per heavy atom. The third kappa shape index (κ3) is 4.00. The Morgan fingerprint density at radius 1 is 1.36 bits per heavy atom. The number of amides is 1. The molecule has 0 aliphatic carbocycles. The van der Waals surface area contributed by atoms with Crippen molar-refractivity contribution in [3.63, 3.8) is 0 Å². The second-order valence-electron chi connectivity index (χ2n) is 5.40. The van der Waals surface area contributed by atoms with Crippen molar-refractivity contribution in [1.29, 1.82) is 0 Å². The summed E-state index contributed by atoms with van der Waals surface area (Å²) in [6.45, 7) is 1.26. The number of hydrogen-bond acceptors (Lipinski definition) is 6. The largest absolute Gasteiger partial charge is 0.467 e. The predicted molar refractivity (Wildman–Crippen MR) is 90.0 cm³/mol. The lowest BCUT2D eigenvalue weighted by Crippen LogP contribution is -2.25. The fourth-order valence-electron chi connectivity index (χ4n) is 2.37. The van der Waals surface area contributed by atoms with Crippen LogP contribution in [0, 0.1) is 0 Å². The van der Waals surface area contributed by atoms with Gasteiger partial charge in [0.1, 0.15) is 0 Å². The third-order valence-electron chi connectivity index (χ3n) is 3.61. The maximum absolute atomic E-state index is 12.3. The van der Waals surface area contributed by atoms with Crippen LogP contribution in [-0.4, -0.2) is 49.3 Å². The first-order valence-electron chi connectivity index (χ1n) is 7.85. The van der Waals surface area contributed by atoms with Crippen LogP contribution in [0.2, 0.25) is 0 Å². The smallest absolute Gasteiger partial charge is 0.314 e. The van der Waals surface area contributed by atoms with Crippen LogP contribution in [0.1, 0.15) is 16.8 Å². The lowest BCUT2D eigenvalue weighted by atomic mass is 10.1. The fraction of sp³-hybridized carbons (Fsp3) is 0.312. The molecule has 0 atom stereocenters. The molecule has 0 aliphatic rings. The van der Waals surface area contributed by atoms with Gasteiger partial charge in [0.25, 0.3) is 5.91 Å². The molecule has 0 spiro atoms. The van der Waals surface area contributed by atoms with E-state index in [1.165, 1.54) is 7.11 Å². The maximum atomic E-state index is 12.3. The highest BCUT2D eigenvalue weighted by molar-refractivity contribution is 5.95. The average Bonchev–Trinajstić information content (AvgIpc) is 3.28. The standard InChI is InChI=1S/C16H19N7O2/c1-22-16(25-2)19-14(20-22)12-5-3-6-13(11-12)15(24)17-7-4-9-23-10-8-18-21-23/h3,5-6,8,10-11H,4,7,9H2,1-2H3,(H,17,24). The molecule has 3 rings (SSSR count). The van der Waals surface area contributed by atoms with E-state index in [1.54, 1.807) is 40.9 Å². The summed E-state index contributed by atoms with van der Waals surface area (Å²) < 4.78 is 8.40. The molecule has 1 amide bonds. The Labute approximate surface area is 144 Å². The molecule has 0 aliphatic heterocycles. The third-order valence-corrected chi connectivity index (χ3v) is 3.61. The molecule has 3 aromatic rings. The van der Waals surface area contributed by atoms with Gasteiger partial charge < -0.3 is 10.1 Å². The zero-order valence-electron chi connectivity index (χ0n) is 14.1. The number of carbonyl (C=O) groups excluding carboxylic acids is 1. The average molecular weight is 341 g/mol. The van der Waals surface area contributed by atoms with Crippen molar-refractivity contribution in [2.24, 2.45) is 7.05 Å². The molecule has 0 radical (unpaired) electrons. The van der Waals surface area contributed by atoms with Crippen LogP contribution >= 0.6 is 0 Å². The summed E-state index contributed by atoms with van der Waals surface area (Å²) in [5, 5.41) is 14.8. The van der Waals surface area contributed by atoms with E-state index in [2.05, 4.69) is 25.7 Å². The van der Waals surface area contributed by atoms with E-state index in [1.807, 2.05) is 12.1 Å². The normalized spacial score (nSPS) is 10.6. The van der Waals surface area contributed by atoms with Crippen molar-refractivity contribution in [1.82, 2.24) is 35.1 Å². The Balaban J connectivity index is 1.61. The summed E-state index contributed by atoms with van der Waals surface area (Å²) in [6, 6.07) is 7.61. The number of aryl methyl sites for hydroxylation is 2. The van der Waals surface area contributed by atoms with Crippen molar-refractivity contribution in [2.45, 2.75) is 13.0 Å². The van der Waals surface area contributed by atoms with Gasteiger partial charge in [0, 0.05) is 37.5 Å². The van der Waals surface area contributed by atoms with Crippen LogP contribution < -0.4 is 10.1 Å². The predicted octanol–water partition coefficient (Wildman–Crippen LogP) is 0.902. The zero-order chi connectivity index (χ0) is 17.6. The maximum Gasteiger partial charge on any atom is 0.314 e. The van der Waals surface area contributed by atoms with Gasteiger partial charge in [-0.3, -0.25) is 9.48 Å². The molecule has 2 aromatic heterocycles. The van der Waals surface area contributed by atoms with Crippen LogP contribution in [0.25, 0.3) is 11.4 Å². The zero-order valence-corrected chi connectivity index (χ0v) is 14.1. The highest BCUT2D eigenvalue weighted by atomic mass is 16.5. The summed E-state index contributed by atoms with van der Waals surface area (Å²) in [5.74, 6) is 0.378. The minimum absolute atomic E-state index is 0.136.